The van der Waals surface area contributed by atoms with Crippen LogP contribution >= 0.6 is 0 Å². The highest BCUT2D eigenvalue weighted by molar-refractivity contribution is 6.63. The van der Waals surface area contributed by atoms with Crippen molar-refractivity contribution >= 4 is 12.6 Å². The summed E-state index contributed by atoms with van der Waals surface area (Å²) in [7, 11) is 0.951. The summed E-state index contributed by atoms with van der Waals surface area (Å²) in [6.07, 6.45) is 0. The maximum Gasteiger partial charge on any atom is 0.498 e. The maximum atomic E-state index is 13.6. The summed E-state index contributed by atoms with van der Waals surface area (Å²) in [6.45, 7) is 8.67. The van der Waals surface area contributed by atoms with Gasteiger partial charge in [-0.15, -0.1) is 0 Å². The molecule has 0 unspecified atom stereocenters. The summed E-state index contributed by atoms with van der Waals surface area (Å²) >= 11 is 0. The van der Waals surface area contributed by atoms with Crippen LogP contribution in [0, 0.1) is 5.82 Å². The highest BCUT2D eigenvalue weighted by Crippen LogP contribution is 2.37. The first-order chi connectivity index (χ1) is 9.77. The molecule has 0 aliphatic carbocycles. The van der Waals surface area contributed by atoms with Crippen LogP contribution in [0.15, 0.2) is 18.2 Å². The molecule has 0 radical (unpaired) electrons. The van der Waals surface area contributed by atoms with Crippen molar-refractivity contribution in [2.24, 2.45) is 0 Å². The van der Waals surface area contributed by atoms with Crippen molar-refractivity contribution in [2.75, 3.05) is 20.3 Å². The smallest absolute Gasteiger partial charge is 0.492 e. The molecule has 1 aromatic carbocycles. The predicted molar refractivity (Wildman–Crippen MR) is 79.5 cm³/mol. The topological polar surface area (TPSA) is 36.9 Å². The van der Waals surface area contributed by atoms with Gasteiger partial charge in [0.2, 0.25) is 0 Å². The second-order valence-corrected chi connectivity index (χ2v) is 6.11. The molecule has 0 aromatic heterocycles. The minimum atomic E-state index is -0.650. The lowest BCUT2D eigenvalue weighted by atomic mass is 9.78. The normalized spacial score (nSPS) is 19.8. The molecular formula is C15H22BFO4. The lowest BCUT2D eigenvalue weighted by Crippen LogP contribution is -2.41. The van der Waals surface area contributed by atoms with Crippen LogP contribution in [0.25, 0.3) is 0 Å². The van der Waals surface area contributed by atoms with Gasteiger partial charge in [0.25, 0.3) is 0 Å². The van der Waals surface area contributed by atoms with Crippen LogP contribution in [-0.4, -0.2) is 38.6 Å². The van der Waals surface area contributed by atoms with Gasteiger partial charge in [-0.2, -0.15) is 0 Å². The van der Waals surface area contributed by atoms with Crippen LogP contribution in [0.1, 0.15) is 27.7 Å². The van der Waals surface area contributed by atoms with Crippen molar-refractivity contribution in [1.29, 1.82) is 0 Å². The van der Waals surface area contributed by atoms with E-state index in [9.17, 15) is 4.39 Å². The molecule has 0 amide bonds. The van der Waals surface area contributed by atoms with E-state index >= 15 is 0 Å². The van der Waals surface area contributed by atoms with Gasteiger partial charge in [0.05, 0.1) is 17.8 Å². The Morgan fingerprint density at radius 2 is 1.71 bits per heavy atom. The summed E-state index contributed by atoms with van der Waals surface area (Å²) in [5.74, 6) is 0.200. The molecule has 0 spiro atoms. The van der Waals surface area contributed by atoms with E-state index in [1.54, 1.807) is 13.2 Å². The van der Waals surface area contributed by atoms with Crippen molar-refractivity contribution < 1.29 is 23.2 Å². The predicted octanol–water partition coefficient (Wildman–Crippen LogP) is 2.15. The third-order valence-electron chi connectivity index (χ3n) is 4.02. The number of rotatable bonds is 5. The molecule has 1 aliphatic rings. The largest absolute Gasteiger partial charge is 0.498 e. The highest BCUT2D eigenvalue weighted by Gasteiger charge is 2.52. The minimum absolute atomic E-state index is 0.348. The first kappa shape index (κ1) is 16.3. The van der Waals surface area contributed by atoms with Gasteiger partial charge in [0.15, 0.2) is 0 Å². The fourth-order valence-corrected chi connectivity index (χ4v) is 2.04. The molecule has 2 rings (SSSR count). The van der Waals surface area contributed by atoms with E-state index in [-0.39, 0.29) is 5.82 Å². The van der Waals surface area contributed by atoms with Gasteiger partial charge in [0.1, 0.15) is 18.2 Å². The van der Waals surface area contributed by atoms with E-state index < -0.39 is 18.3 Å². The first-order valence-electron chi connectivity index (χ1n) is 7.04. The Morgan fingerprint density at radius 1 is 1.10 bits per heavy atom. The number of ether oxygens (including phenoxy) is 2. The molecule has 1 aliphatic heterocycles. The van der Waals surface area contributed by atoms with Gasteiger partial charge in [0, 0.05) is 12.6 Å². The van der Waals surface area contributed by atoms with Crippen LogP contribution < -0.4 is 10.2 Å². The Bertz CT molecular complexity index is 488. The molecule has 1 saturated heterocycles. The SMILES string of the molecule is COCCOc1ccc(F)cc1B1OC(C)(C)C(C)(C)O1. The van der Waals surface area contributed by atoms with E-state index in [1.807, 2.05) is 27.7 Å². The highest BCUT2D eigenvalue weighted by atomic mass is 19.1. The van der Waals surface area contributed by atoms with Gasteiger partial charge in [-0.05, 0) is 45.9 Å². The lowest BCUT2D eigenvalue weighted by molar-refractivity contribution is 0.00578. The van der Waals surface area contributed by atoms with Crippen molar-refractivity contribution in [2.45, 2.75) is 38.9 Å². The van der Waals surface area contributed by atoms with Gasteiger partial charge in [-0.3, -0.25) is 0 Å². The first-order valence-corrected chi connectivity index (χ1v) is 7.04. The molecule has 0 bridgehead atoms. The summed E-state index contributed by atoms with van der Waals surface area (Å²) < 4.78 is 36.1. The van der Waals surface area contributed by atoms with Gasteiger partial charge in [-0.25, -0.2) is 4.39 Å². The molecule has 0 saturated carbocycles. The summed E-state index contributed by atoms with van der Waals surface area (Å²) in [6, 6.07) is 4.34. The van der Waals surface area contributed by atoms with E-state index in [1.165, 1.54) is 12.1 Å². The molecule has 4 nitrogen and oxygen atoms in total. The Balaban J connectivity index is 2.25. The molecule has 1 fully saturated rings. The van der Waals surface area contributed by atoms with Gasteiger partial charge < -0.3 is 18.8 Å². The van der Waals surface area contributed by atoms with Crippen molar-refractivity contribution in [3.63, 3.8) is 0 Å². The van der Waals surface area contributed by atoms with Crippen LogP contribution in [0.3, 0.4) is 0 Å². The van der Waals surface area contributed by atoms with Crippen LogP contribution in [-0.2, 0) is 14.0 Å². The fourth-order valence-electron chi connectivity index (χ4n) is 2.04. The quantitative estimate of drug-likeness (QED) is 0.616. The van der Waals surface area contributed by atoms with Crippen molar-refractivity contribution in [3.05, 3.63) is 24.0 Å². The van der Waals surface area contributed by atoms with Gasteiger partial charge >= 0.3 is 7.12 Å². The lowest BCUT2D eigenvalue weighted by Gasteiger charge is -2.32. The van der Waals surface area contributed by atoms with Crippen molar-refractivity contribution in [1.82, 2.24) is 0 Å². The molecule has 0 N–H and O–H groups in total. The summed E-state index contributed by atoms with van der Waals surface area (Å²) in [5.41, 5.74) is -0.397. The number of methoxy groups -OCH3 is 1. The molecule has 21 heavy (non-hydrogen) atoms. The number of hydrogen-bond acceptors (Lipinski definition) is 4. The third kappa shape index (κ3) is 3.39. The standard InChI is InChI=1S/C15H22BFO4/c1-14(2)15(3,4)21-16(20-14)12-10-11(17)6-7-13(12)19-9-8-18-5/h6-7,10H,8-9H2,1-5H3. The Labute approximate surface area is 125 Å². The Kier molecular flexibility index (Phi) is 4.61. The minimum Gasteiger partial charge on any atom is -0.492 e. The number of benzene rings is 1. The molecule has 6 heteroatoms. The fraction of sp³-hybridized carbons (Fsp3) is 0.600. The average molecular weight is 296 g/mol. The van der Waals surface area contributed by atoms with E-state index in [4.69, 9.17) is 18.8 Å². The molecule has 0 atom stereocenters. The van der Waals surface area contributed by atoms with Crippen LogP contribution in [0.2, 0.25) is 0 Å². The van der Waals surface area contributed by atoms with Gasteiger partial charge in [-0.1, -0.05) is 0 Å². The van der Waals surface area contributed by atoms with Crippen molar-refractivity contribution in [3.8, 4) is 5.75 Å². The number of hydrogen-bond donors (Lipinski definition) is 0. The summed E-state index contributed by atoms with van der Waals surface area (Å²) in [5, 5.41) is 0. The molecule has 1 heterocycles. The zero-order valence-electron chi connectivity index (χ0n) is 13.2. The maximum absolute atomic E-state index is 13.6. The Hall–Kier alpha value is -1.11. The van der Waals surface area contributed by atoms with Crippen LogP contribution in [0.5, 0.6) is 5.75 Å². The third-order valence-corrected chi connectivity index (χ3v) is 4.02. The van der Waals surface area contributed by atoms with Crippen LogP contribution in [0.4, 0.5) is 4.39 Å². The Morgan fingerprint density at radius 3 is 2.29 bits per heavy atom. The number of halogens is 1. The monoisotopic (exact) mass is 296 g/mol. The zero-order valence-corrected chi connectivity index (χ0v) is 13.2. The molecule has 1 aromatic rings. The van der Waals surface area contributed by atoms with E-state index in [2.05, 4.69) is 0 Å². The second-order valence-electron chi connectivity index (χ2n) is 6.11. The van der Waals surface area contributed by atoms with E-state index in [0.717, 1.165) is 0 Å². The zero-order chi connectivity index (χ0) is 15.7. The summed E-state index contributed by atoms with van der Waals surface area (Å²) in [4.78, 5) is 0. The second kappa shape index (κ2) is 5.95. The van der Waals surface area contributed by atoms with E-state index in [0.29, 0.717) is 24.4 Å². The molecule has 116 valence electrons. The molecular weight excluding hydrogens is 274 g/mol. The average Bonchev–Trinajstić information content (AvgIpc) is 2.60.